The lowest BCUT2D eigenvalue weighted by Crippen LogP contribution is -2.38. The monoisotopic (exact) mass is 270 g/mol. The van der Waals surface area contributed by atoms with Gasteiger partial charge in [-0.25, -0.2) is 0 Å². The Labute approximate surface area is 113 Å². The highest BCUT2D eigenvalue weighted by Crippen LogP contribution is 2.17. The van der Waals surface area contributed by atoms with E-state index in [-0.39, 0.29) is 19.1 Å². The fourth-order valence-corrected chi connectivity index (χ4v) is 2.06. The number of rotatable bonds is 8. The molecule has 0 fully saturated rings. The van der Waals surface area contributed by atoms with Crippen LogP contribution in [0.4, 0.5) is 0 Å². The van der Waals surface area contributed by atoms with Crippen molar-refractivity contribution in [3.8, 4) is 0 Å². The van der Waals surface area contributed by atoms with Crippen LogP contribution in [0.3, 0.4) is 0 Å². The maximum Gasteiger partial charge on any atom is 0.304 e. The van der Waals surface area contributed by atoms with Crippen molar-refractivity contribution in [2.24, 2.45) is 0 Å². The number of aromatic nitrogens is 1. The molecule has 1 unspecified atom stereocenters. The van der Waals surface area contributed by atoms with Crippen LogP contribution in [-0.4, -0.2) is 45.4 Å². The van der Waals surface area contributed by atoms with E-state index in [0.29, 0.717) is 13.1 Å². The van der Waals surface area contributed by atoms with Crippen LogP contribution in [0, 0.1) is 13.8 Å². The fourth-order valence-electron chi connectivity index (χ4n) is 2.06. The van der Waals surface area contributed by atoms with Crippen molar-refractivity contribution in [3.05, 3.63) is 17.0 Å². The van der Waals surface area contributed by atoms with E-state index in [1.165, 1.54) is 0 Å². The zero-order valence-electron chi connectivity index (χ0n) is 11.7. The van der Waals surface area contributed by atoms with E-state index in [1.54, 1.807) is 0 Å². The zero-order valence-corrected chi connectivity index (χ0v) is 11.7. The highest BCUT2D eigenvalue weighted by molar-refractivity contribution is 5.66. The number of carbonyl (C=O) groups is 1. The van der Waals surface area contributed by atoms with Crippen LogP contribution in [-0.2, 0) is 11.3 Å². The van der Waals surface area contributed by atoms with Crippen LogP contribution in [0.5, 0.6) is 0 Å². The Hall–Kier alpha value is -1.40. The molecule has 0 aromatic carbocycles. The summed E-state index contributed by atoms with van der Waals surface area (Å²) in [5.41, 5.74) is 1.78. The Morgan fingerprint density at radius 1 is 1.47 bits per heavy atom. The topological polar surface area (TPSA) is 86.8 Å². The molecule has 6 nitrogen and oxygen atoms in total. The molecule has 19 heavy (non-hydrogen) atoms. The first-order valence-corrected chi connectivity index (χ1v) is 6.48. The summed E-state index contributed by atoms with van der Waals surface area (Å²) in [7, 11) is 0. The van der Waals surface area contributed by atoms with Crippen molar-refractivity contribution < 1.29 is 19.5 Å². The number of hydrogen-bond donors (Lipinski definition) is 2. The van der Waals surface area contributed by atoms with Crippen LogP contribution < -0.4 is 0 Å². The summed E-state index contributed by atoms with van der Waals surface area (Å²) in [5.74, 6) is -0.0952. The molecule has 1 rings (SSSR count). The van der Waals surface area contributed by atoms with Gasteiger partial charge in [0.05, 0.1) is 18.7 Å². The molecule has 0 saturated carbocycles. The van der Waals surface area contributed by atoms with Gasteiger partial charge in [-0.1, -0.05) is 12.1 Å². The second kappa shape index (κ2) is 7.25. The fraction of sp³-hybridized carbons (Fsp3) is 0.692. The molecule has 1 atom stereocenters. The van der Waals surface area contributed by atoms with Crippen LogP contribution >= 0.6 is 0 Å². The average molecular weight is 270 g/mol. The maximum atomic E-state index is 10.7. The third-order valence-corrected chi connectivity index (χ3v) is 3.35. The van der Waals surface area contributed by atoms with Gasteiger partial charge in [0.1, 0.15) is 5.76 Å². The molecule has 1 aromatic heterocycles. The van der Waals surface area contributed by atoms with E-state index in [1.807, 2.05) is 25.7 Å². The number of carboxylic acids is 1. The van der Waals surface area contributed by atoms with Crippen molar-refractivity contribution in [3.63, 3.8) is 0 Å². The van der Waals surface area contributed by atoms with E-state index in [9.17, 15) is 9.90 Å². The van der Waals surface area contributed by atoms with Gasteiger partial charge >= 0.3 is 5.97 Å². The van der Waals surface area contributed by atoms with Crippen LogP contribution in [0.2, 0.25) is 0 Å². The second-order valence-corrected chi connectivity index (χ2v) is 4.66. The Balaban J connectivity index is 2.81. The molecule has 0 aliphatic heterocycles. The smallest absolute Gasteiger partial charge is 0.304 e. The lowest BCUT2D eigenvalue weighted by Gasteiger charge is -2.29. The number of aryl methyl sites for hydroxylation is 2. The van der Waals surface area contributed by atoms with Gasteiger partial charge in [0, 0.05) is 24.7 Å². The maximum absolute atomic E-state index is 10.7. The van der Waals surface area contributed by atoms with Gasteiger partial charge in [-0.2, -0.15) is 0 Å². The molecule has 0 amide bonds. The summed E-state index contributed by atoms with van der Waals surface area (Å²) in [6.07, 6.45) is 0.819. The molecule has 1 heterocycles. The minimum atomic E-state index is -0.837. The Bertz CT molecular complexity index is 393. The molecule has 0 bridgehead atoms. The van der Waals surface area contributed by atoms with Gasteiger partial charge < -0.3 is 14.7 Å². The first kappa shape index (κ1) is 15.7. The molecule has 0 aliphatic rings. The number of aliphatic hydroxyl groups excluding tert-OH is 1. The number of aliphatic carboxylic acids is 1. The molecule has 2 N–H and O–H groups in total. The lowest BCUT2D eigenvalue weighted by molar-refractivity contribution is -0.137. The van der Waals surface area contributed by atoms with Crippen molar-refractivity contribution >= 4 is 5.97 Å². The standard InChI is InChI=1S/C13H22N2O4/c1-4-11(8-16)15(6-5-13(17)18)7-12-9(2)14-19-10(12)3/h11,16H,4-8H2,1-3H3,(H,17,18). The lowest BCUT2D eigenvalue weighted by atomic mass is 10.1. The van der Waals surface area contributed by atoms with E-state index in [2.05, 4.69) is 5.16 Å². The van der Waals surface area contributed by atoms with Crippen molar-refractivity contribution in [1.82, 2.24) is 10.1 Å². The SMILES string of the molecule is CCC(CO)N(CCC(=O)O)Cc1c(C)noc1C. The van der Waals surface area contributed by atoms with Crippen LogP contribution in [0.1, 0.15) is 36.8 Å². The second-order valence-electron chi connectivity index (χ2n) is 4.66. The molecule has 0 aliphatic carbocycles. The summed E-state index contributed by atoms with van der Waals surface area (Å²) in [5, 5.41) is 22.1. The number of hydrogen-bond acceptors (Lipinski definition) is 5. The molecule has 108 valence electrons. The highest BCUT2D eigenvalue weighted by atomic mass is 16.5. The van der Waals surface area contributed by atoms with Gasteiger partial charge in [-0.15, -0.1) is 0 Å². The van der Waals surface area contributed by atoms with Gasteiger partial charge in [-0.05, 0) is 20.3 Å². The normalized spacial score (nSPS) is 12.9. The molecular weight excluding hydrogens is 248 g/mol. The van der Waals surface area contributed by atoms with E-state index in [0.717, 1.165) is 23.4 Å². The average Bonchev–Trinajstić information content (AvgIpc) is 2.68. The minimum Gasteiger partial charge on any atom is -0.481 e. The van der Waals surface area contributed by atoms with Gasteiger partial charge in [-0.3, -0.25) is 9.69 Å². The van der Waals surface area contributed by atoms with E-state index in [4.69, 9.17) is 9.63 Å². The van der Waals surface area contributed by atoms with Gasteiger partial charge in [0.2, 0.25) is 0 Å². The van der Waals surface area contributed by atoms with Crippen molar-refractivity contribution in [2.45, 2.75) is 46.2 Å². The van der Waals surface area contributed by atoms with E-state index >= 15 is 0 Å². The largest absolute Gasteiger partial charge is 0.481 e. The number of aliphatic hydroxyl groups is 1. The molecule has 0 radical (unpaired) electrons. The third kappa shape index (κ3) is 4.33. The van der Waals surface area contributed by atoms with Crippen molar-refractivity contribution in [1.29, 1.82) is 0 Å². The van der Waals surface area contributed by atoms with E-state index < -0.39 is 5.97 Å². The summed E-state index contributed by atoms with van der Waals surface area (Å²) in [4.78, 5) is 12.7. The Kier molecular flexibility index (Phi) is 5.98. The molecule has 6 heteroatoms. The molecule has 1 aromatic rings. The number of nitrogens with zero attached hydrogens (tertiary/aromatic N) is 2. The molecule has 0 saturated heterocycles. The zero-order chi connectivity index (χ0) is 14.4. The summed E-state index contributed by atoms with van der Waals surface area (Å²) < 4.78 is 5.11. The summed E-state index contributed by atoms with van der Waals surface area (Å²) >= 11 is 0. The minimum absolute atomic E-state index is 0.0134. The predicted molar refractivity (Wildman–Crippen MR) is 69.8 cm³/mol. The van der Waals surface area contributed by atoms with Gasteiger partial charge in [0.25, 0.3) is 0 Å². The van der Waals surface area contributed by atoms with Crippen LogP contribution in [0.15, 0.2) is 4.52 Å². The first-order chi connectivity index (χ1) is 8.99. The van der Waals surface area contributed by atoms with Crippen molar-refractivity contribution in [2.75, 3.05) is 13.2 Å². The highest BCUT2D eigenvalue weighted by Gasteiger charge is 2.20. The quantitative estimate of drug-likeness (QED) is 0.741. The molecular formula is C13H22N2O4. The Morgan fingerprint density at radius 2 is 2.16 bits per heavy atom. The molecule has 0 spiro atoms. The summed E-state index contributed by atoms with van der Waals surface area (Å²) in [6, 6.07) is -0.0481. The predicted octanol–water partition coefficient (Wildman–Crippen LogP) is 1.34. The van der Waals surface area contributed by atoms with Gasteiger partial charge in [0.15, 0.2) is 0 Å². The third-order valence-electron chi connectivity index (χ3n) is 3.35. The summed E-state index contributed by atoms with van der Waals surface area (Å²) in [6.45, 7) is 6.64. The van der Waals surface area contributed by atoms with Crippen LogP contribution in [0.25, 0.3) is 0 Å². The number of carboxylic acid groups (broad SMARTS) is 1. The first-order valence-electron chi connectivity index (χ1n) is 6.48. The Morgan fingerprint density at radius 3 is 2.58 bits per heavy atom.